The second kappa shape index (κ2) is 3.84. The third-order valence-electron chi connectivity index (χ3n) is 1.51. The summed E-state index contributed by atoms with van der Waals surface area (Å²) >= 11 is 0. The minimum atomic E-state index is -0.835. The van der Waals surface area contributed by atoms with E-state index in [9.17, 15) is 9.18 Å². The van der Waals surface area contributed by atoms with Crippen LogP contribution in [0.25, 0.3) is 0 Å². The lowest BCUT2D eigenvalue weighted by Gasteiger charge is -2.02. The lowest BCUT2D eigenvalue weighted by molar-refractivity contribution is 0.0594. The highest BCUT2D eigenvalue weighted by atomic mass is 19.1. The molecule has 0 bridgehead atoms. The van der Waals surface area contributed by atoms with Gasteiger partial charge in [-0.15, -0.1) is 0 Å². The number of nitrogens with one attached hydrogen (secondary N) is 1. The molecule has 0 unspecified atom stereocenters. The molecule has 0 atom stereocenters. The number of halogens is 1. The number of esters is 1. The maximum absolute atomic E-state index is 13.0. The number of rotatable bonds is 2. The van der Waals surface area contributed by atoms with Crippen LogP contribution < -0.4 is 5.32 Å². The predicted molar refractivity (Wildman–Crippen MR) is 45.1 cm³/mol. The van der Waals surface area contributed by atoms with E-state index in [1.165, 1.54) is 19.2 Å². The Morgan fingerprint density at radius 1 is 1.62 bits per heavy atom. The fourth-order valence-electron chi connectivity index (χ4n) is 0.836. The molecule has 5 heteroatoms. The van der Waals surface area contributed by atoms with Gasteiger partial charge in [-0.25, -0.2) is 9.78 Å². The summed E-state index contributed by atoms with van der Waals surface area (Å²) in [4.78, 5) is 14.4. The highest BCUT2D eigenvalue weighted by Gasteiger charge is 2.12. The van der Waals surface area contributed by atoms with Crippen LogP contribution in [0, 0.1) is 5.95 Å². The Bertz CT molecular complexity index is 328. The fraction of sp³-hybridized carbons (Fsp3) is 0.250. The first-order valence-corrected chi connectivity index (χ1v) is 3.61. The SMILES string of the molecule is CNc1ccc(C(=O)OC)c(F)n1. The van der Waals surface area contributed by atoms with Crippen molar-refractivity contribution in [2.45, 2.75) is 0 Å². The Hall–Kier alpha value is -1.65. The molecule has 1 heterocycles. The normalized spacial score (nSPS) is 9.46. The van der Waals surface area contributed by atoms with Gasteiger partial charge >= 0.3 is 5.97 Å². The number of methoxy groups -OCH3 is 1. The summed E-state index contributed by atoms with van der Waals surface area (Å²) in [5.74, 6) is -1.20. The Morgan fingerprint density at radius 3 is 2.77 bits per heavy atom. The average Bonchev–Trinajstić information content (AvgIpc) is 2.16. The van der Waals surface area contributed by atoms with Crippen molar-refractivity contribution in [2.24, 2.45) is 0 Å². The summed E-state index contributed by atoms with van der Waals surface area (Å²) in [6, 6.07) is 2.81. The fourth-order valence-corrected chi connectivity index (χ4v) is 0.836. The van der Waals surface area contributed by atoms with Gasteiger partial charge < -0.3 is 10.1 Å². The number of ether oxygens (including phenoxy) is 1. The van der Waals surface area contributed by atoms with Crippen LogP contribution in [0.3, 0.4) is 0 Å². The largest absolute Gasteiger partial charge is 0.465 e. The lowest BCUT2D eigenvalue weighted by Crippen LogP contribution is -2.07. The monoisotopic (exact) mass is 184 g/mol. The third kappa shape index (κ3) is 1.93. The molecular formula is C8H9FN2O2. The molecule has 0 aliphatic carbocycles. The highest BCUT2D eigenvalue weighted by Crippen LogP contribution is 2.10. The maximum atomic E-state index is 13.0. The number of hydrogen-bond acceptors (Lipinski definition) is 4. The average molecular weight is 184 g/mol. The maximum Gasteiger partial charge on any atom is 0.342 e. The molecule has 0 aliphatic heterocycles. The number of carbonyl (C=O) groups excluding carboxylic acids is 1. The molecule has 0 aliphatic rings. The van der Waals surface area contributed by atoms with E-state index in [0.717, 1.165) is 0 Å². The number of carbonyl (C=O) groups is 1. The molecule has 0 aromatic carbocycles. The minimum absolute atomic E-state index is 0.165. The van der Waals surface area contributed by atoms with E-state index in [0.29, 0.717) is 5.82 Å². The summed E-state index contributed by atoms with van der Waals surface area (Å²) < 4.78 is 17.4. The first-order valence-electron chi connectivity index (χ1n) is 3.61. The van der Waals surface area contributed by atoms with Gasteiger partial charge in [0.25, 0.3) is 0 Å². The van der Waals surface area contributed by atoms with E-state index in [-0.39, 0.29) is 5.56 Å². The van der Waals surface area contributed by atoms with Crippen molar-refractivity contribution in [3.05, 3.63) is 23.6 Å². The standard InChI is InChI=1S/C8H9FN2O2/c1-10-6-4-3-5(7(9)11-6)8(12)13-2/h3-4H,1-2H3,(H,10,11). The second-order valence-corrected chi connectivity index (χ2v) is 2.28. The van der Waals surface area contributed by atoms with Gasteiger partial charge in [-0.05, 0) is 12.1 Å². The van der Waals surface area contributed by atoms with Crippen molar-refractivity contribution in [2.75, 3.05) is 19.5 Å². The third-order valence-corrected chi connectivity index (χ3v) is 1.51. The molecule has 0 radical (unpaired) electrons. The zero-order chi connectivity index (χ0) is 9.84. The van der Waals surface area contributed by atoms with E-state index in [4.69, 9.17) is 0 Å². The van der Waals surface area contributed by atoms with E-state index in [2.05, 4.69) is 15.0 Å². The van der Waals surface area contributed by atoms with Crippen LogP contribution in [0.1, 0.15) is 10.4 Å². The Morgan fingerprint density at radius 2 is 2.31 bits per heavy atom. The number of nitrogens with zero attached hydrogens (tertiary/aromatic N) is 1. The zero-order valence-electron chi connectivity index (χ0n) is 7.30. The van der Waals surface area contributed by atoms with E-state index >= 15 is 0 Å². The smallest absolute Gasteiger partial charge is 0.342 e. The first-order chi connectivity index (χ1) is 6.19. The van der Waals surface area contributed by atoms with Crippen molar-refractivity contribution < 1.29 is 13.9 Å². The molecule has 0 fully saturated rings. The van der Waals surface area contributed by atoms with Crippen LogP contribution in [0.15, 0.2) is 12.1 Å². The van der Waals surface area contributed by atoms with Gasteiger partial charge in [-0.2, -0.15) is 4.39 Å². The summed E-state index contributed by atoms with van der Waals surface area (Å²) in [5, 5.41) is 2.65. The van der Waals surface area contributed by atoms with Crippen molar-refractivity contribution in [3.8, 4) is 0 Å². The van der Waals surface area contributed by atoms with Gasteiger partial charge in [0.15, 0.2) is 0 Å². The van der Waals surface area contributed by atoms with Crippen LogP contribution in [0.5, 0.6) is 0 Å². The molecular weight excluding hydrogens is 175 g/mol. The Balaban J connectivity index is 3.05. The molecule has 1 rings (SSSR count). The van der Waals surface area contributed by atoms with Crippen molar-refractivity contribution in [3.63, 3.8) is 0 Å². The number of pyridine rings is 1. The second-order valence-electron chi connectivity index (χ2n) is 2.28. The van der Waals surface area contributed by atoms with Gasteiger partial charge in [-0.1, -0.05) is 0 Å². The quantitative estimate of drug-likeness (QED) is 0.551. The van der Waals surface area contributed by atoms with E-state index in [1.807, 2.05) is 0 Å². The summed E-state index contributed by atoms with van der Waals surface area (Å²) in [5.41, 5.74) is -0.165. The van der Waals surface area contributed by atoms with Crippen molar-refractivity contribution in [1.29, 1.82) is 0 Å². The van der Waals surface area contributed by atoms with E-state index in [1.54, 1.807) is 7.05 Å². The van der Waals surface area contributed by atoms with E-state index < -0.39 is 11.9 Å². The molecule has 1 N–H and O–H groups in total. The molecule has 1 aromatic rings. The molecule has 0 amide bonds. The van der Waals surface area contributed by atoms with Crippen LogP contribution in [-0.2, 0) is 4.74 Å². The first kappa shape index (κ1) is 9.44. The molecule has 0 spiro atoms. The van der Waals surface area contributed by atoms with Gasteiger partial charge in [-0.3, -0.25) is 0 Å². The van der Waals surface area contributed by atoms with Gasteiger partial charge in [0.1, 0.15) is 11.4 Å². The Kier molecular flexibility index (Phi) is 2.79. The minimum Gasteiger partial charge on any atom is -0.465 e. The zero-order valence-corrected chi connectivity index (χ0v) is 7.30. The molecule has 70 valence electrons. The molecule has 4 nitrogen and oxygen atoms in total. The van der Waals surface area contributed by atoms with Crippen LogP contribution in [0.4, 0.5) is 10.2 Å². The molecule has 0 saturated carbocycles. The number of anilines is 1. The lowest BCUT2D eigenvalue weighted by atomic mass is 10.3. The number of hydrogen-bond donors (Lipinski definition) is 1. The van der Waals surface area contributed by atoms with Crippen LogP contribution in [-0.4, -0.2) is 25.1 Å². The van der Waals surface area contributed by atoms with Crippen LogP contribution >= 0.6 is 0 Å². The van der Waals surface area contributed by atoms with Crippen LogP contribution in [0.2, 0.25) is 0 Å². The topological polar surface area (TPSA) is 51.2 Å². The number of aromatic nitrogens is 1. The van der Waals surface area contributed by atoms with Gasteiger partial charge in [0, 0.05) is 7.05 Å². The molecule has 13 heavy (non-hydrogen) atoms. The summed E-state index contributed by atoms with van der Waals surface area (Å²) in [6.45, 7) is 0. The molecule has 0 saturated heterocycles. The van der Waals surface area contributed by atoms with Crippen molar-refractivity contribution >= 4 is 11.8 Å². The molecule has 1 aromatic heterocycles. The van der Waals surface area contributed by atoms with Gasteiger partial charge in [0.2, 0.25) is 5.95 Å². The highest BCUT2D eigenvalue weighted by molar-refractivity contribution is 5.89. The van der Waals surface area contributed by atoms with Gasteiger partial charge in [0.05, 0.1) is 7.11 Å². The summed E-state index contributed by atoms with van der Waals surface area (Å²) in [7, 11) is 2.80. The predicted octanol–water partition coefficient (Wildman–Crippen LogP) is 1.05. The van der Waals surface area contributed by atoms with Crippen molar-refractivity contribution in [1.82, 2.24) is 4.98 Å². The summed E-state index contributed by atoms with van der Waals surface area (Å²) in [6.07, 6.45) is 0. The Labute approximate surface area is 74.7 Å².